The van der Waals surface area contributed by atoms with E-state index >= 15 is 0 Å². The highest BCUT2D eigenvalue weighted by Gasteiger charge is 2.18. The SMILES string of the molecule is Cc1nn(-c2ccc(Cl)c(Cl)c2)c(C)c1CC(=O)NCC(C)C(=O)O. The van der Waals surface area contributed by atoms with E-state index in [1.807, 2.05) is 13.8 Å². The molecular formula is C17H19Cl2N3O3. The van der Waals surface area contributed by atoms with Crippen LogP contribution in [0.3, 0.4) is 0 Å². The molecule has 8 heteroatoms. The van der Waals surface area contributed by atoms with E-state index < -0.39 is 11.9 Å². The van der Waals surface area contributed by atoms with Gasteiger partial charge >= 0.3 is 5.97 Å². The molecule has 0 aliphatic heterocycles. The first-order chi connectivity index (χ1) is 11.7. The number of hydrogen-bond donors (Lipinski definition) is 2. The van der Waals surface area contributed by atoms with E-state index in [0.717, 1.165) is 22.6 Å². The lowest BCUT2D eigenvalue weighted by Gasteiger charge is -2.09. The van der Waals surface area contributed by atoms with Crippen LogP contribution in [0.25, 0.3) is 5.69 Å². The summed E-state index contributed by atoms with van der Waals surface area (Å²) in [5, 5.41) is 16.8. The Bertz CT molecular complexity index is 818. The molecule has 6 nitrogen and oxygen atoms in total. The highest BCUT2D eigenvalue weighted by atomic mass is 35.5. The number of benzene rings is 1. The molecule has 0 fully saturated rings. The van der Waals surface area contributed by atoms with Crippen LogP contribution in [0.5, 0.6) is 0 Å². The lowest BCUT2D eigenvalue weighted by Crippen LogP contribution is -2.32. The fourth-order valence-electron chi connectivity index (χ4n) is 2.38. The second-order valence-corrected chi connectivity index (χ2v) is 6.69. The monoisotopic (exact) mass is 383 g/mol. The zero-order valence-electron chi connectivity index (χ0n) is 14.1. The largest absolute Gasteiger partial charge is 0.481 e. The third-order valence-corrected chi connectivity index (χ3v) is 4.69. The third kappa shape index (κ3) is 4.52. The van der Waals surface area contributed by atoms with Gasteiger partial charge in [-0.25, -0.2) is 4.68 Å². The van der Waals surface area contributed by atoms with Gasteiger partial charge in [0, 0.05) is 17.8 Å². The van der Waals surface area contributed by atoms with Crippen molar-refractivity contribution in [2.75, 3.05) is 6.54 Å². The number of carboxylic acids is 1. The van der Waals surface area contributed by atoms with Gasteiger partial charge in [-0.3, -0.25) is 9.59 Å². The molecular weight excluding hydrogens is 365 g/mol. The molecule has 1 unspecified atom stereocenters. The summed E-state index contributed by atoms with van der Waals surface area (Å²) in [5.74, 6) is -1.82. The molecule has 0 aliphatic carbocycles. The average Bonchev–Trinajstić information content (AvgIpc) is 2.83. The standard InChI is InChI=1S/C17H19Cl2N3O3/c1-9(17(24)25)8-20-16(23)7-13-10(2)21-22(11(13)3)12-4-5-14(18)15(19)6-12/h4-6,9H,7-8H2,1-3H3,(H,20,23)(H,24,25). The van der Waals surface area contributed by atoms with Crippen LogP contribution < -0.4 is 5.32 Å². The van der Waals surface area contributed by atoms with Crippen molar-refractivity contribution in [3.05, 3.63) is 45.2 Å². The first kappa shape index (κ1) is 19.3. The molecule has 0 saturated carbocycles. The number of rotatable bonds is 6. The van der Waals surface area contributed by atoms with Gasteiger partial charge in [0.05, 0.1) is 33.8 Å². The number of carbonyl (C=O) groups is 2. The van der Waals surface area contributed by atoms with Crippen LogP contribution in [0.4, 0.5) is 0 Å². The van der Waals surface area contributed by atoms with Gasteiger partial charge in [-0.1, -0.05) is 30.1 Å². The molecule has 0 radical (unpaired) electrons. The van der Waals surface area contributed by atoms with Gasteiger partial charge in [0.2, 0.25) is 5.91 Å². The van der Waals surface area contributed by atoms with Crippen molar-refractivity contribution in [1.29, 1.82) is 0 Å². The van der Waals surface area contributed by atoms with Crippen molar-refractivity contribution in [2.24, 2.45) is 5.92 Å². The average molecular weight is 384 g/mol. The Hall–Kier alpha value is -2.05. The maximum atomic E-state index is 12.1. The number of aliphatic carboxylic acids is 1. The Morgan fingerprint density at radius 2 is 1.96 bits per heavy atom. The summed E-state index contributed by atoms with van der Waals surface area (Å²) in [6, 6.07) is 5.20. The van der Waals surface area contributed by atoms with Crippen molar-refractivity contribution < 1.29 is 14.7 Å². The molecule has 134 valence electrons. The van der Waals surface area contributed by atoms with Crippen molar-refractivity contribution in [2.45, 2.75) is 27.2 Å². The molecule has 0 aliphatic rings. The summed E-state index contributed by atoms with van der Waals surface area (Å²) in [6.45, 7) is 5.32. The minimum absolute atomic E-state index is 0.0905. The van der Waals surface area contributed by atoms with Crippen molar-refractivity contribution in [1.82, 2.24) is 15.1 Å². The minimum atomic E-state index is -0.944. The van der Waals surface area contributed by atoms with Gasteiger partial charge < -0.3 is 10.4 Å². The zero-order valence-corrected chi connectivity index (χ0v) is 15.6. The van der Waals surface area contributed by atoms with E-state index in [2.05, 4.69) is 10.4 Å². The van der Waals surface area contributed by atoms with Gasteiger partial charge in [-0.2, -0.15) is 5.10 Å². The molecule has 1 aromatic carbocycles. The molecule has 1 atom stereocenters. The first-order valence-electron chi connectivity index (χ1n) is 7.70. The quantitative estimate of drug-likeness (QED) is 0.801. The molecule has 1 amide bonds. The number of nitrogens with zero attached hydrogens (tertiary/aromatic N) is 2. The number of nitrogens with one attached hydrogen (secondary N) is 1. The van der Waals surface area contributed by atoms with Crippen LogP contribution in [0.1, 0.15) is 23.9 Å². The Morgan fingerprint density at radius 3 is 2.56 bits per heavy atom. The predicted molar refractivity (Wildman–Crippen MR) is 96.6 cm³/mol. The topological polar surface area (TPSA) is 84.2 Å². The number of aromatic nitrogens is 2. The van der Waals surface area contributed by atoms with E-state index in [1.54, 1.807) is 29.8 Å². The highest BCUT2D eigenvalue weighted by Crippen LogP contribution is 2.26. The van der Waals surface area contributed by atoms with E-state index in [9.17, 15) is 9.59 Å². The minimum Gasteiger partial charge on any atom is -0.481 e. The van der Waals surface area contributed by atoms with Gasteiger partial charge in [0.15, 0.2) is 0 Å². The van der Waals surface area contributed by atoms with Gasteiger partial charge in [-0.05, 0) is 32.0 Å². The normalized spacial score (nSPS) is 12.0. The summed E-state index contributed by atoms with van der Waals surface area (Å²) in [7, 11) is 0. The number of carboxylic acid groups (broad SMARTS) is 1. The maximum absolute atomic E-state index is 12.1. The molecule has 1 heterocycles. The van der Waals surface area contributed by atoms with Crippen LogP contribution in [0.15, 0.2) is 18.2 Å². The molecule has 25 heavy (non-hydrogen) atoms. The van der Waals surface area contributed by atoms with Crippen molar-refractivity contribution in [3.8, 4) is 5.69 Å². The number of amides is 1. The number of aryl methyl sites for hydroxylation is 1. The summed E-state index contributed by atoms with van der Waals surface area (Å²) in [4.78, 5) is 22.9. The number of halogens is 2. The van der Waals surface area contributed by atoms with Crippen molar-refractivity contribution in [3.63, 3.8) is 0 Å². The van der Waals surface area contributed by atoms with E-state index in [1.165, 1.54) is 0 Å². The molecule has 1 aromatic heterocycles. The fraction of sp³-hybridized carbons (Fsp3) is 0.353. The van der Waals surface area contributed by atoms with Crippen LogP contribution in [0, 0.1) is 19.8 Å². The maximum Gasteiger partial charge on any atom is 0.308 e. The second kappa shape index (κ2) is 7.89. The second-order valence-electron chi connectivity index (χ2n) is 5.88. The lowest BCUT2D eigenvalue weighted by atomic mass is 10.1. The van der Waals surface area contributed by atoms with Gasteiger partial charge in [0.1, 0.15) is 0 Å². The fourth-order valence-corrected chi connectivity index (χ4v) is 2.67. The van der Waals surface area contributed by atoms with E-state index in [0.29, 0.717) is 10.0 Å². The van der Waals surface area contributed by atoms with Crippen LogP contribution in [-0.4, -0.2) is 33.3 Å². The molecule has 2 aromatic rings. The third-order valence-electron chi connectivity index (χ3n) is 3.95. The molecule has 2 rings (SSSR count). The van der Waals surface area contributed by atoms with Crippen LogP contribution >= 0.6 is 23.2 Å². The Morgan fingerprint density at radius 1 is 1.28 bits per heavy atom. The van der Waals surface area contributed by atoms with Crippen molar-refractivity contribution >= 4 is 35.1 Å². The summed E-state index contributed by atoms with van der Waals surface area (Å²) >= 11 is 12.0. The Balaban J connectivity index is 2.17. The number of carbonyl (C=O) groups excluding carboxylic acids is 1. The van der Waals surface area contributed by atoms with Crippen LogP contribution in [-0.2, 0) is 16.0 Å². The highest BCUT2D eigenvalue weighted by molar-refractivity contribution is 6.42. The molecule has 0 bridgehead atoms. The Labute approximate surface area is 155 Å². The predicted octanol–water partition coefficient (Wildman–Crippen LogP) is 3.18. The molecule has 0 saturated heterocycles. The van der Waals surface area contributed by atoms with Gasteiger partial charge in [0.25, 0.3) is 0 Å². The van der Waals surface area contributed by atoms with E-state index in [-0.39, 0.29) is 18.9 Å². The Kier molecular flexibility index (Phi) is 6.08. The smallest absolute Gasteiger partial charge is 0.308 e. The molecule has 2 N–H and O–H groups in total. The first-order valence-corrected chi connectivity index (χ1v) is 8.46. The zero-order chi connectivity index (χ0) is 18.7. The van der Waals surface area contributed by atoms with Gasteiger partial charge in [-0.15, -0.1) is 0 Å². The summed E-state index contributed by atoms with van der Waals surface area (Å²) in [5.41, 5.74) is 3.09. The summed E-state index contributed by atoms with van der Waals surface area (Å²) in [6.07, 6.45) is 0.130. The molecule has 0 spiro atoms. The summed E-state index contributed by atoms with van der Waals surface area (Å²) < 4.78 is 1.71. The number of hydrogen-bond acceptors (Lipinski definition) is 3. The lowest BCUT2D eigenvalue weighted by molar-refractivity contribution is -0.141. The van der Waals surface area contributed by atoms with E-state index in [4.69, 9.17) is 28.3 Å². The van der Waals surface area contributed by atoms with Crippen LogP contribution in [0.2, 0.25) is 10.0 Å².